The first kappa shape index (κ1) is 10.5. The minimum atomic E-state index is 0.613. The molecule has 0 bridgehead atoms. The number of hydrogen-bond donors (Lipinski definition) is 1. The van der Waals surface area contributed by atoms with E-state index >= 15 is 0 Å². The smallest absolute Gasteiger partial charge is 0.114 e. The molecule has 2 aromatic heterocycles. The van der Waals surface area contributed by atoms with Gasteiger partial charge in [-0.05, 0) is 18.7 Å². The maximum absolute atomic E-state index is 6.15. The molecule has 0 unspecified atom stereocenters. The second kappa shape index (κ2) is 4.21. The number of hydrogen-bond acceptors (Lipinski definition) is 2. The highest BCUT2D eigenvalue weighted by Crippen LogP contribution is 2.19. The SMILES string of the molecule is CCc1nc(CCN)c2cccc(Cl)n12. The van der Waals surface area contributed by atoms with Crippen LogP contribution >= 0.6 is 11.6 Å². The first-order chi connectivity index (χ1) is 7.27. The Bertz CT molecular complexity index is 476. The van der Waals surface area contributed by atoms with Crippen molar-refractivity contribution in [2.24, 2.45) is 5.73 Å². The lowest BCUT2D eigenvalue weighted by atomic mass is 10.2. The molecular weight excluding hydrogens is 210 g/mol. The third-order valence-corrected chi connectivity index (χ3v) is 2.75. The molecule has 2 N–H and O–H groups in total. The average Bonchev–Trinajstić information content (AvgIpc) is 2.59. The van der Waals surface area contributed by atoms with Crippen molar-refractivity contribution in [1.82, 2.24) is 9.38 Å². The van der Waals surface area contributed by atoms with Crippen molar-refractivity contribution >= 4 is 17.1 Å². The average molecular weight is 224 g/mol. The Kier molecular flexibility index (Phi) is 2.93. The van der Waals surface area contributed by atoms with Gasteiger partial charge in [-0.15, -0.1) is 0 Å². The summed E-state index contributed by atoms with van der Waals surface area (Å²) in [6.45, 7) is 2.69. The van der Waals surface area contributed by atoms with Crippen LogP contribution in [0, 0.1) is 0 Å². The summed E-state index contributed by atoms with van der Waals surface area (Å²) in [6.07, 6.45) is 1.67. The minimum Gasteiger partial charge on any atom is -0.330 e. The number of rotatable bonds is 3. The first-order valence-electron chi connectivity index (χ1n) is 5.12. The standard InChI is InChI=1S/C11H14ClN3/c1-2-11-14-8(6-7-13)9-4-3-5-10(12)15(9)11/h3-5H,2,6-7,13H2,1H3. The van der Waals surface area contributed by atoms with E-state index in [2.05, 4.69) is 11.9 Å². The fourth-order valence-electron chi connectivity index (χ4n) is 1.79. The van der Waals surface area contributed by atoms with E-state index in [1.807, 2.05) is 22.6 Å². The van der Waals surface area contributed by atoms with E-state index < -0.39 is 0 Å². The van der Waals surface area contributed by atoms with E-state index in [9.17, 15) is 0 Å². The predicted octanol–water partition coefficient (Wildman–Crippen LogP) is 2.05. The molecule has 0 atom stereocenters. The lowest BCUT2D eigenvalue weighted by Crippen LogP contribution is -2.03. The molecule has 0 aliphatic carbocycles. The van der Waals surface area contributed by atoms with Gasteiger partial charge in [0, 0.05) is 12.8 Å². The minimum absolute atomic E-state index is 0.613. The van der Waals surface area contributed by atoms with Gasteiger partial charge in [-0.3, -0.25) is 4.40 Å². The summed E-state index contributed by atoms with van der Waals surface area (Å²) in [6, 6.07) is 5.85. The molecule has 0 radical (unpaired) electrons. The molecule has 0 amide bonds. The number of aryl methyl sites for hydroxylation is 1. The predicted molar refractivity (Wildman–Crippen MR) is 62.3 cm³/mol. The van der Waals surface area contributed by atoms with Crippen molar-refractivity contribution in [3.8, 4) is 0 Å². The van der Waals surface area contributed by atoms with E-state index in [4.69, 9.17) is 17.3 Å². The maximum Gasteiger partial charge on any atom is 0.114 e. The van der Waals surface area contributed by atoms with E-state index in [0.717, 1.165) is 29.9 Å². The highest BCUT2D eigenvalue weighted by Gasteiger charge is 2.10. The highest BCUT2D eigenvalue weighted by molar-refractivity contribution is 6.29. The topological polar surface area (TPSA) is 43.3 Å². The van der Waals surface area contributed by atoms with Crippen LogP contribution in [0.2, 0.25) is 5.15 Å². The van der Waals surface area contributed by atoms with Gasteiger partial charge >= 0.3 is 0 Å². The van der Waals surface area contributed by atoms with Gasteiger partial charge in [-0.2, -0.15) is 0 Å². The summed E-state index contributed by atoms with van der Waals surface area (Å²) in [4.78, 5) is 4.56. The van der Waals surface area contributed by atoms with Gasteiger partial charge < -0.3 is 5.73 Å². The van der Waals surface area contributed by atoms with Crippen LogP contribution in [0.5, 0.6) is 0 Å². The number of pyridine rings is 1. The molecule has 0 aromatic carbocycles. The number of imidazole rings is 1. The van der Waals surface area contributed by atoms with Gasteiger partial charge in [0.25, 0.3) is 0 Å². The number of nitrogens with two attached hydrogens (primary N) is 1. The molecule has 0 aliphatic heterocycles. The zero-order valence-electron chi connectivity index (χ0n) is 8.70. The fraction of sp³-hybridized carbons (Fsp3) is 0.364. The highest BCUT2D eigenvalue weighted by atomic mass is 35.5. The summed E-state index contributed by atoms with van der Waals surface area (Å²) in [5, 5.41) is 0.708. The fourth-order valence-corrected chi connectivity index (χ4v) is 2.05. The summed E-state index contributed by atoms with van der Waals surface area (Å²) >= 11 is 6.15. The molecule has 0 saturated heterocycles. The van der Waals surface area contributed by atoms with Crippen LogP contribution in [0.3, 0.4) is 0 Å². The number of halogens is 1. The second-order valence-corrected chi connectivity index (χ2v) is 3.82. The van der Waals surface area contributed by atoms with E-state index in [0.29, 0.717) is 11.7 Å². The molecule has 2 rings (SSSR count). The normalized spacial score (nSPS) is 11.1. The van der Waals surface area contributed by atoms with Crippen molar-refractivity contribution in [2.75, 3.05) is 6.54 Å². The van der Waals surface area contributed by atoms with Crippen molar-refractivity contribution in [1.29, 1.82) is 0 Å². The number of nitrogens with zero attached hydrogens (tertiary/aromatic N) is 2. The van der Waals surface area contributed by atoms with Gasteiger partial charge in [-0.1, -0.05) is 24.6 Å². The van der Waals surface area contributed by atoms with Crippen molar-refractivity contribution in [3.05, 3.63) is 34.9 Å². The molecule has 0 aliphatic rings. The van der Waals surface area contributed by atoms with Gasteiger partial charge in [0.05, 0.1) is 11.2 Å². The van der Waals surface area contributed by atoms with Crippen LogP contribution in [0.15, 0.2) is 18.2 Å². The number of fused-ring (bicyclic) bond motifs is 1. The quantitative estimate of drug-likeness (QED) is 0.810. The molecule has 2 aromatic rings. The summed E-state index contributed by atoms with van der Waals surface area (Å²) in [5.74, 6) is 0.999. The molecule has 0 fully saturated rings. The lowest BCUT2D eigenvalue weighted by Gasteiger charge is -2.00. The van der Waals surface area contributed by atoms with Crippen molar-refractivity contribution in [2.45, 2.75) is 19.8 Å². The Morgan fingerprint density at radius 1 is 1.47 bits per heavy atom. The second-order valence-electron chi connectivity index (χ2n) is 3.44. The molecule has 0 saturated carbocycles. The van der Waals surface area contributed by atoms with Crippen LogP contribution in [-0.4, -0.2) is 15.9 Å². The number of aromatic nitrogens is 2. The largest absolute Gasteiger partial charge is 0.330 e. The van der Waals surface area contributed by atoms with Crippen LogP contribution in [0.25, 0.3) is 5.52 Å². The van der Waals surface area contributed by atoms with Crippen LogP contribution in [-0.2, 0) is 12.8 Å². The van der Waals surface area contributed by atoms with Gasteiger partial charge in [0.2, 0.25) is 0 Å². The maximum atomic E-state index is 6.15. The molecule has 3 nitrogen and oxygen atoms in total. The van der Waals surface area contributed by atoms with Crippen molar-refractivity contribution < 1.29 is 0 Å². The molecule has 0 spiro atoms. The Morgan fingerprint density at radius 3 is 2.93 bits per heavy atom. The Labute approximate surface area is 93.9 Å². The van der Waals surface area contributed by atoms with Crippen LogP contribution in [0.4, 0.5) is 0 Å². The van der Waals surface area contributed by atoms with Gasteiger partial charge in [-0.25, -0.2) is 4.98 Å². The first-order valence-corrected chi connectivity index (χ1v) is 5.50. The Balaban J connectivity index is 2.69. The lowest BCUT2D eigenvalue weighted by molar-refractivity contribution is 0.899. The third-order valence-electron chi connectivity index (χ3n) is 2.46. The van der Waals surface area contributed by atoms with E-state index in [1.54, 1.807) is 0 Å². The Hall–Kier alpha value is -1.06. The summed E-state index contributed by atoms with van der Waals surface area (Å²) in [5.41, 5.74) is 7.67. The van der Waals surface area contributed by atoms with Gasteiger partial charge in [0.15, 0.2) is 0 Å². The van der Waals surface area contributed by atoms with E-state index in [-0.39, 0.29) is 0 Å². The Morgan fingerprint density at radius 2 is 2.27 bits per heavy atom. The van der Waals surface area contributed by atoms with Crippen LogP contribution in [0.1, 0.15) is 18.4 Å². The monoisotopic (exact) mass is 223 g/mol. The zero-order valence-corrected chi connectivity index (χ0v) is 9.46. The molecular formula is C11H14ClN3. The zero-order chi connectivity index (χ0) is 10.8. The third kappa shape index (κ3) is 1.73. The summed E-state index contributed by atoms with van der Waals surface area (Å²) < 4.78 is 1.99. The van der Waals surface area contributed by atoms with E-state index in [1.165, 1.54) is 0 Å². The molecule has 80 valence electrons. The van der Waals surface area contributed by atoms with Crippen LogP contribution < -0.4 is 5.73 Å². The molecule has 2 heterocycles. The van der Waals surface area contributed by atoms with Gasteiger partial charge in [0.1, 0.15) is 11.0 Å². The molecule has 15 heavy (non-hydrogen) atoms. The van der Waals surface area contributed by atoms with Crippen molar-refractivity contribution in [3.63, 3.8) is 0 Å². The molecule has 4 heteroatoms. The summed E-state index contributed by atoms with van der Waals surface area (Å²) in [7, 11) is 0.